The molecule has 0 fully saturated rings. The smallest absolute Gasteiger partial charge is 0.387 e. The lowest BCUT2D eigenvalue weighted by atomic mass is 10.1. The summed E-state index contributed by atoms with van der Waals surface area (Å²) in [6.07, 6.45) is 5.56. The lowest BCUT2D eigenvalue weighted by molar-refractivity contribution is -0.0498. The number of ether oxygens (including phenoxy) is 1. The van der Waals surface area contributed by atoms with E-state index < -0.39 is 6.61 Å². The van der Waals surface area contributed by atoms with Gasteiger partial charge in [-0.1, -0.05) is 23.9 Å². The third-order valence-corrected chi connectivity index (χ3v) is 4.76. The summed E-state index contributed by atoms with van der Waals surface area (Å²) in [6, 6.07) is 13.5. The molecule has 1 amide bonds. The summed E-state index contributed by atoms with van der Waals surface area (Å²) in [7, 11) is 1.70. The van der Waals surface area contributed by atoms with Gasteiger partial charge in [0.2, 0.25) is 0 Å². The fourth-order valence-corrected chi connectivity index (χ4v) is 3.27. The monoisotopic (exact) mass is 403 g/mol. The second-order valence-electron chi connectivity index (χ2n) is 6.01. The van der Waals surface area contributed by atoms with Crippen LogP contribution in [0.3, 0.4) is 0 Å². The number of hydrogen-bond donors (Lipinski definition) is 0. The minimum Gasteiger partial charge on any atom is -0.435 e. The second-order valence-corrected chi connectivity index (χ2v) is 6.79. The number of alkyl halides is 2. The number of carbonyl (C=O) groups is 1. The van der Waals surface area contributed by atoms with E-state index in [0.717, 1.165) is 16.4 Å². The number of halogens is 2. The fraction of sp³-hybridized carbons (Fsp3) is 0.200. The Bertz CT molecular complexity index is 927. The van der Waals surface area contributed by atoms with E-state index in [4.69, 9.17) is 0 Å². The van der Waals surface area contributed by atoms with Gasteiger partial charge in [0, 0.05) is 37.2 Å². The number of thioether (sulfide) groups is 1. The van der Waals surface area contributed by atoms with Crippen LogP contribution in [-0.2, 0) is 6.54 Å². The van der Waals surface area contributed by atoms with Crippen molar-refractivity contribution < 1.29 is 18.3 Å². The Morgan fingerprint density at radius 1 is 1.18 bits per heavy atom. The van der Waals surface area contributed by atoms with Crippen LogP contribution in [0.4, 0.5) is 8.78 Å². The molecule has 3 aromatic rings. The molecule has 0 atom stereocenters. The van der Waals surface area contributed by atoms with Gasteiger partial charge in [0.05, 0.1) is 0 Å². The van der Waals surface area contributed by atoms with Crippen LogP contribution >= 0.6 is 11.8 Å². The van der Waals surface area contributed by atoms with E-state index in [1.165, 1.54) is 12.1 Å². The van der Waals surface area contributed by atoms with Gasteiger partial charge in [0.15, 0.2) is 5.16 Å². The van der Waals surface area contributed by atoms with Crippen molar-refractivity contribution in [3.05, 3.63) is 72.1 Å². The first kappa shape index (κ1) is 19.9. The lowest BCUT2D eigenvalue weighted by Crippen LogP contribution is -2.26. The summed E-state index contributed by atoms with van der Waals surface area (Å²) in [6.45, 7) is -2.50. The molecule has 0 saturated heterocycles. The van der Waals surface area contributed by atoms with Gasteiger partial charge >= 0.3 is 6.61 Å². The molecule has 0 N–H and O–H groups in total. The van der Waals surface area contributed by atoms with Crippen LogP contribution in [0.1, 0.15) is 15.9 Å². The molecule has 0 aliphatic carbocycles. The maximum Gasteiger partial charge on any atom is 0.387 e. The molecule has 2 aromatic carbocycles. The molecule has 1 heterocycles. The molecule has 0 spiro atoms. The normalized spacial score (nSPS) is 10.9. The Hall–Kier alpha value is -2.87. The van der Waals surface area contributed by atoms with E-state index in [9.17, 15) is 13.6 Å². The van der Waals surface area contributed by atoms with E-state index in [0.29, 0.717) is 12.1 Å². The highest BCUT2D eigenvalue weighted by Crippen LogP contribution is 2.20. The van der Waals surface area contributed by atoms with Crippen molar-refractivity contribution in [3.63, 3.8) is 0 Å². The Labute approximate surface area is 165 Å². The van der Waals surface area contributed by atoms with Crippen LogP contribution in [-0.4, -0.2) is 40.3 Å². The van der Waals surface area contributed by atoms with E-state index in [-0.39, 0.29) is 11.7 Å². The standard InChI is InChI=1S/C20H19F2N3O2S/c1-24(13-14-3-9-17(10-4-14)27-19(21)22)18(26)15-5-7-16(8-6-15)25-12-11-23-20(25)28-2/h3-12,19H,13H2,1-2H3. The lowest BCUT2D eigenvalue weighted by Gasteiger charge is -2.18. The number of aromatic nitrogens is 2. The highest BCUT2D eigenvalue weighted by molar-refractivity contribution is 7.98. The topological polar surface area (TPSA) is 47.4 Å². The van der Waals surface area contributed by atoms with Crippen molar-refractivity contribution >= 4 is 17.7 Å². The molecule has 28 heavy (non-hydrogen) atoms. The molecule has 0 aliphatic rings. The zero-order valence-electron chi connectivity index (χ0n) is 15.4. The van der Waals surface area contributed by atoms with Gasteiger partial charge in [0.1, 0.15) is 5.75 Å². The fourth-order valence-electron chi connectivity index (χ4n) is 2.74. The molecule has 0 unspecified atom stereocenters. The first-order valence-electron chi connectivity index (χ1n) is 8.45. The van der Waals surface area contributed by atoms with E-state index >= 15 is 0 Å². The Balaban J connectivity index is 1.66. The summed E-state index contributed by atoms with van der Waals surface area (Å²) in [4.78, 5) is 18.5. The maximum atomic E-state index is 12.7. The number of amides is 1. The molecule has 0 radical (unpaired) electrons. The van der Waals surface area contributed by atoms with Crippen LogP contribution in [0.2, 0.25) is 0 Å². The summed E-state index contributed by atoms with van der Waals surface area (Å²) in [5.41, 5.74) is 2.31. The first-order chi connectivity index (χ1) is 13.5. The number of benzene rings is 2. The summed E-state index contributed by atoms with van der Waals surface area (Å²) >= 11 is 1.54. The van der Waals surface area contributed by atoms with Crippen LogP contribution < -0.4 is 4.74 Å². The van der Waals surface area contributed by atoms with Gasteiger partial charge in [0.25, 0.3) is 5.91 Å². The third kappa shape index (κ3) is 4.69. The molecular formula is C20H19F2N3O2S. The molecule has 3 rings (SSSR count). The molecular weight excluding hydrogens is 384 g/mol. The largest absolute Gasteiger partial charge is 0.435 e. The molecule has 0 aliphatic heterocycles. The van der Waals surface area contributed by atoms with Crippen LogP contribution in [0.15, 0.2) is 66.1 Å². The SMILES string of the molecule is CSc1nccn1-c1ccc(C(=O)N(C)Cc2ccc(OC(F)F)cc2)cc1. The number of carbonyl (C=O) groups excluding carboxylic acids is 1. The number of nitrogens with zero attached hydrogens (tertiary/aromatic N) is 3. The molecule has 5 nitrogen and oxygen atoms in total. The average Bonchev–Trinajstić information content (AvgIpc) is 3.17. The van der Waals surface area contributed by atoms with Crippen LogP contribution in [0.25, 0.3) is 5.69 Å². The van der Waals surface area contributed by atoms with Gasteiger partial charge in [-0.3, -0.25) is 9.36 Å². The van der Waals surface area contributed by atoms with Crippen molar-refractivity contribution in [3.8, 4) is 11.4 Å². The number of hydrogen-bond acceptors (Lipinski definition) is 4. The Morgan fingerprint density at radius 3 is 2.46 bits per heavy atom. The van der Waals surface area contributed by atoms with Crippen molar-refractivity contribution in [2.24, 2.45) is 0 Å². The molecule has 1 aromatic heterocycles. The number of rotatable bonds is 7. The highest BCUT2D eigenvalue weighted by Gasteiger charge is 2.13. The summed E-state index contributed by atoms with van der Waals surface area (Å²) in [5, 5.41) is 0.871. The van der Waals surface area contributed by atoms with Crippen molar-refractivity contribution in [2.75, 3.05) is 13.3 Å². The predicted octanol–water partition coefficient (Wildman–Crippen LogP) is 4.47. The zero-order chi connectivity index (χ0) is 20.1. The van der Waals surface area contributed by atoms with Gasteiger partial charge in [-0.05, 0) is 48.2 Å². The van der Waals surface area contributed by atoms with Crippen molar-refractivity contribution in [1.29, 1.82) is 0 Å². The van der Waals surface area contributed by atoms with E-state index in [1.807, 2.05) is 29.2 Å². The average molecular weight is 403 g/mol. The summed E-state index contributed by atoms with van der Waals surface area (Å²) in [5.74, 6) is -0.0392. The third-order valence-electron chi connectivity index (χ3n) is 4.10. The predicted molar refractivity (Wildman–Crippen MR) is 104 cm³/mol. The molecule has 146 valence electrons. The van der Waals surface area contributed by atoms with Gasteiger partial charge in [-0.25, -0.2) is 4.98 Å². The minimum absolute atomic E-state index is 0.0902. The number of imidazole rings is 1. The van der Waals surface area contributed by atoms with Crippen molar-refractivity contribution in [2.45, 2.75) is 18.3 Å². The van der Waals surface area contributed by atoms with Gasteiger partial charge in [-0.2, -0.15) is 8.78 Å². The van der Waals surface area contributed by atoms with E-state index in [2.05, 4.69) is 9.72 Å². The molecule has 8 heteroatoms. The quantitative estimate of drug-likeness (QED) is 0.546. The zero-order valence-corrected chi connectivity index (χ0v) is 16.2. The van der Waals surface area contributed by atoms with Crippen molar-refractivity contribution in [1.82, 2.24) is 14.5 Å². The highest BCUT2D eigenvalue weighted by atomic mass is 32.2. The molecule has 0 bridgehead atoms. The second kappa shape index (κ2) is 8.88. The first-order valence-corrected chi connectivity index (χ1v) is 9.67. The van der Waals surface area contributed by atoms with Gasteiger partial charge in [-0.15, -0.1) is 0 Å². The Morgan fingerprint density at radius 2 is 1.86 bits per heavy atom. The van der Waals surface area contributed by atoms with Crippen LogP contribution in [0, 0.1) is 0 Å². The van der Waals surface area contributed by atoms with Gasteiger partial charge < -0.3 is 9.64 Å². The summed E-state index contributed by atoms with van der Waals surface area (Å²) < 4.78 is 30.7. The van der Waals surface area contributed by atoms with E-state index in [1.54, 1.807) is 54.2 Å². The molecule has 0 saturated carbocycles. The van der Waals surface area contributed by atoms with Crippen LogP contribution in [0.5, 0.6) is 5.75 Å². The minimum atomic E-state index is -2.85. The maximum absolute atomic E-state index is 12.7. The Kier molecular flexibility index (Phi) is 6.30.